The molecule has 24 heavy (non-hydrogen) atoms. The fraction of sp³-hybridized carbons (Fsp3) is 0.389. The van der Waals surface area contributed by atoms with Gasteiger partial charge in [0.2, 0.25) is 5.91 Å². The number of carbonyl (C=O) groups is 2. The number of nitrogens with zero attached hydrogens (tertiary/aromatic N) is 2. The van der Waals surface area contributed by atoms with Gasteiger partial charge in [-0.1, -0.05) is 0 Å². The molecule has 0 aliphatic carbocycles. The van der Waals surface area contributed by atoms with Crippen LogP contribution in [-0.2, 0) is 4.79 Å². The second-order valence-electron chi connectivity index (χ2n) is 5.84. The van der Waals surface area contributed by atoms with Crippen molar-refractivity contribution in [3.05, 3.63) is 42.1 Å². The lowest BCUT2D eigenvalue weighted by Crippen LogP contribution is -2.17. The highest BCUT2D eigenvalue weighted by atomic mass is 16.5. The number of amides is 1. The summed E-state index contributed by atoms with van der Waals surface area (Å²) in [7, 11) is 0. The van der Waals surface area contributed by atoms with E-state index in [9.17, 15) is 9.59 Å². The number of Topliss-reactive ketones (excluding diaryl/α,β-unsaturated/α-hetero) is 1. The third kappa shape index (κ3) is 4.94. The van der Waals surface area contributed by atoms with Crippen LogP contribution in [0.5, 0.6) is 5.75 Å². The summed E-state index contributed by atoms with van der Waals surface area (Å²) in [6, 6.07) is 8.96. The Labute approximate surface area is 141 Å². The van der Waals surface area contributed by atoms with Crippen LogP contribution in [0.3, 0.4) is 0 Å². The van der Waals surface area contributed by atoms with Gasteiger partial charge in [0, 0.05) is 24.1 Å². The number of carbonyl (C=O) groups excluding carboxylic acids is 2. The van der Waals surface area contributed by atoms with Gasteiger partial charge < -0.3 is 10.1 Å². The number of ketones is 1. The van der Waals surface area contributed by atoms with Crippen molar-refractivity contribution in [3.8, 4) is 5.75 Å². The summed E-state index contributed by atoms with van der Waals surface area (Å²) in [6.45, 7) is 5.98. The van der Waals surface area contributed by atoms with E-state index in [-0.39, 0.29) is 17.7 Å². The van der Waals surface area contributed by atoms with Crippen LogP contribution in [0.1, 0.15) is 50.0 Å². The molecule has 0 unspecified atom stereocenters. The van der Waals surface area contributed by atoms with E-state index < -0.39 is 0 Å². The molecular weight excluding hydrogens is 306 g/mol. The van der Waals surface area contributed by atoms with Crippen molar-refractivity contribution >= 4 is 17.5 Å². The molecule has 1 heterocycles. The summed E-state index contributed by atoms with van der Waals surface area (Å²) in [5, 5.41) is 7.04. The zero-order valence-electron chi connectivity index (χ0n) is 14.3. The number of ether oxygens (including phenoxy) is 1. The van der Waals surface area contributed by atoms with E-state index in [1.807, 2.05) is 13.8 Å². The second-order valence-corrected chi connectivity index (χ2v) is 5.84. The predicted molar refractivity (Wildman–Crippen MR) is 92.4 cm³/mol. The summed E-state index contributed by atoms with van der Waals surface area (Å²) >= 11 is 0. The fourth-order valence-electron chi connectivity index (χ4n) is 2.24. The molecule has 0 saturated carbocycles. The van der Waals surface area contributed by atoms with E-state index in [4.69, 9.17) is 4.74 Å². The number of anilines is 1. The summed E-state index contributed by atoms with van der Waals surface area (Å²) in [4.78, 5) is 23.2. The molecule has 128 valence electrons. The van der Waals surface area contributed by atoms with Crippen LogP contribution in [0.15, 0.2) is 36.5 Å². The highest BCUT2D eigenvalue weighted by Crippen LogP contribution is 2.15. The minimum Gasteiger partial charge on any atom is -0.494 e. The third-order valence-corrected chi connectivity index (χ3v) is 3.50. The normalized spacial score (nSPS) is 10.7. The number of hydrogen-bond donors (Lipinski definition) is 1. The Morgan fingerprint density at radius 3 is 2.54 bits per heavy atom. The first kappa shape index (κ1) is 17.7. The van der Waals surface area contributed by atoms with Gasteiger partial charge in [-0.25, -0.2) is 4.68 Å². The minimum absolute atomic E-state index is 0.0267. The van der Waals surface area contributed by atoms with E-state index in [1.54, 1.807) is 41.2 Å². The van der Waals surface area contributed by atoms with Crippen molar-refractivity contribution in [2.75, 3.05) is 11.9 Å². The Morgan fingerprint density at radius 2 is 1.92 bits per heavy atom. The highest BCUT2D eigenvalue weighted by molar-refractivity contribution is 5.94. The Kier molecular flexibility index (Phi) is 6.12. The van der Waals surface area contributed by atoms with Gasteiger partial charge in [-0.3, -0.25) is 9.59 Å². The van der Waals surface area contributed by atoms with E-state index in [0.29, 0.717) is 36.6 Å². The van der Waals surface area contributed by atoms with Gasteiger partial charge in [0.15, 0.2) is 5.78 Å². The van der Waals surface area contributed by atoms with E-state index >= 15 is 0 Å². The first-order valence-electron chi connectivity index (χ1n) is 8.04. The third-order valence-electron chi connectivity index (χ3n) is 3.50. The summed E-state index contributed by atoms with van der Waals surface area (Å²) in [5.74, 6) is 1.36. The molecule has 0 spiro atoms. The summed E-state index contributed by atoms with van der Waals surface area (Å²) < 4.78 is 7.35. The number of benzene rings is 1. The standard InChI is InChI=1S/C18H23N3O3/c1-13(2)21-17(10-11-19-21)20-18(23)5-4-12-24-16-8-6-15(7-9-16)14(3)22/h6-11,13H,4-5,12H2,1-3H3,(H,20,23). The van der Waals surface area contributed by atoms with Crippen LogP contribution in [0.4, 0.5) is 5.82 Å². The van der Waals surface area contributed by atoms with Gasteiger partial charge in [0.1, 0.15) is 11.6 Å². The van der Waals surface area contributed by atoms with E-state index in [1.165, 1.54) is 6.92 Å². The Hall–Kier alpha value is -2.63. The molecule has 1 amide bonds. The SMILES string of the molecule is CC(=O)c1ccc(OCCCC(=O)Nc2ccnn2C(C)C)cc1. The molecule has 0 fully saturated rings. The van der Waals surface area contributed by atoms with Crippen LogP contribution in [-0.4, -0.2) is 28.1 Å². The molecule has 0 aliphatic rings. The molecule has 2 aromatic rings. The average molecular weight is 329 g/mol. The molecule has 0 atom stereocenters. The van der Waals surface area contributed by atoms with Gasteiger partial charge in [-0.05, 0) is 51.5 Å². The van der Waals surface area contributed by atoms with Crippen LogP contribution >= 0.6 is 0 Å². The van der Waals surface area contributed by atoms with Crippen molar-refractivity contribution < 1.29 is 14.3 Å². The zero-order chi connectivity index (χ0) is 17.5. The topological polar surface area (TPSA) is 73.2 Å². The molecule has 0 aliphatic heterocycles. The lowest BCUT2D eigenvalue weighted by molar-refractivity contribution is -0.116. The monoisotopic (exact) mass is 329 g/mol. The van der Waals surface area contributed by atoms with Crippen molar-refractivity contribution in [1.29, 1.82) is 0 Å². The first-order chi connectivity index (χ1) is 11.5. The first-order valence-corrected chi connectivity index (χ1v) is 8.04. The van der Waals surface area contributed by atoms with Crippen LogP contribution in [0.25, 0.3) is 0 Å². The smallest absolute Gasteiger partial charge is 0.225 e. The Morgan fingerprint density at radius 1 is 1.21 bits per heavy atom. The molecule has 6 nitrogen and oxygen atoms in total. The van der Waals surface area contributed by atoms with Crippen molar-refractivity contribution in [1.82, 2.24) is 9.78 Å². The summed E-state index contributed by atoms with van der Waals surface area (Å²) in [6.07, 6.45) is 2.65. The quantitative estimate of drug-likeness (QED) is 0.594. The van der Waals surface area contributed by atoms with Crippen molar-refractivity contribution in [3.63, 3.8) is 0 Å². The van der Waals surface area contributed by atoms with E-state index in [2.05, 4.69) is 10.4 Å². The van der Waals surface area contributed by atoms with Gasteiger partial charge in [0.05, 0.1) is 12.8 Å². The molecule has 0 bridgehead atoms. The van der Waals surface area contributed by atoms with Crippen molar-refractivity contribution in [2.45, 2.75) is 39.7 Å². The number of aromatic nitrogens is 2. The Balaban J connectivity index is 1.73. The van der Waals surface area contributed by atoms with Crippen molar-refractivity contribution in [2.24, 2.45) is 0 Å². The van der Waals surface area contributed by atoms with Gasteiger partial charge in [-0.2, -0.15) is 5.10 Å². The fourth-order valence-corrected chi connectivity index (χ4v) is 2.24. The van der Waals surface area contributed by atoms with Gasteiger partial charge in [-0.15, -0.1) is 0 Å². The van der Waals surface area contributed by atoms with Crippen LogP contribution < -0.4 is 10.1 Å². The minimum atomic E-state index is -0.0621. The lowest BCUT2D eigenvalue weighted by atomic mass is 10.1. The average Bonchev–Trinajstić information content (AvgIpc) is 3.00. The van der Waals surface area contributed by atoms with Crippen LogP contribution in [0, 0.1) is 0 Å². The Bertz CT molecular complexity index is 690. The maximum absolute atomic E-state index is 12.0. The van der Waals surface area contributed by atoms with E-state index in [0.717, 1.165) is 0 Å². The summed E-state index contributed by atoms with van der Waals surface area (Å²) in [5.41, 5.74) is 0.656. The molecule has 1 N–H and O–H groups in total. The van der Waals surface area contributed by atoms with Gasteiger partial charge in [0.25, 0.3) is 0 Å². The predicted octanol–water partition coefficient (Wildman–Crippen LogP) is 3.46. The zero-order valence-corrected chi connectivity index (χ0v) is 14.3. The van der Waals surface area contributed by atoms with Gasteiger partial charge >= 0.3 is 0 Å². The highest BCUT2D eigenvalue weighted by Gasteiger charge is 2.09. The molecule has 0 radical (unpaired) electrons. The molecular formula is C18H23N3O3. The second kappa shape index (κ2) is 8.29. The maximum Gasteiger partial charge on any atom is 0.225 e. The number of nitrogens with one attached hydrogen (secondary N) is 1. The molecule has 1 aromatic carbocycles. The molecule has 0 saturated heterocycles. The number of hydrogen-bond acceptors (Lipinski definition) is 4. The molecule has 1 aromatic heterocycles. The molecule has 6 heteroatoms. The number of rotatable bonds is 8. The largest absolute Gasteiger partial charge is 0.494 e. The van der Waals surface area contributed by atoms with Crippen LogP contribution in [0.2, 0.25) is 0 Å². The lowest BCUT2D eigenvalue weighted by Gasteiger charge is -2.12. The maximum atomic E-state index is 12.0. The molecule has 2 rings (SSSR count).